The lowest BCUT2D eigenvalue weighted by molar-refractivity contribution is -0.120. The van der Waals surface area contributed by atoms with Gasteiger partial charge in [0, 0.05) is 13.0 Å². The van der Waals surface area contributed by atoms with Crippen molar-refractivity contribution in [2.24, 2.45) is 5.73 Å². The van der Waals surface area contributed by atoms with Crippen LogP contribution >= 0.6 is 0 Å². The third kappa shape index (κ3) is 5.36. The van der Waals surface area contributed by atoms with Crippen LogP contribution in [0.3, 0.4) is 0 Å². The molecule has 1 aromatic rings. The molecule has 1 rings (SSSR count). The van der Waals surface area contributed by atoms with Gasteiger partial charge < -0.3 is 15.8 Å². The minimum Gasteiger partial charge on any atom is -0.492 e. The highest BCUT2D eigenvalue weighted by Crippen LogP contribution is 2.15. The highest BCUT2D eigenvalue weighted by atomic mass is 16.5. The molecule has 0 bridgehead atoms. The fourth-order valence-electron chi connectivity index (χ4n) is 1.60. The van der Waals surface area contributed by atoms with Crippen molar-refractivity contribution in [1.82, 2.24) is 5.32 Å². The van der Waals surface area contributed by atoms with Gasteiger partial charge in [0.2, 0.25) is 5.91 Å². The summed E-state index contributed by atoms with van der Waals surface area (Å²) in [4.78, 5) is 11.1. The van der Waals surface area contributed by atoms with Crippen molar-refractivity contribution in [2.75, 3.05) is 19.7 Å². The van der Waals surface area contributed by atoms with Crippen LogP contribution in [0.4, 0.5) is 0 Å². The van der Waals surface area contributed by atoms with E-state index >= 15 is 0 Å². The first-order chi connectivity index (χ1) is 8.11. The summed E-state index contributed by atoms with van der Waals surface area (Å²) < 4.78 is 5.55. The van der Waals surface area contributed by atoms with Crippen LogP contribution in [0.25, 0.3) is 0 Å². The molecule has 0 aliphatic heterocycles. The molecule has 0 aliphatic rings. The van der Waals surface area contributed by atoms with Gasteiger partial charge in [-0.1, -0.05) is 6.07 Å². The minimum absolute atomic E-state index is 0.0310. The number of rotatable bonds is 6. The molecule has 1 amide bonds. The lowest BCUT2D eigenvalue weighted by atomic mass is 10.1. The second-order valence-electron chi connectivity index (χ2n) is 4.06. The maximum absolute atomic E-state index is 11.1. The number of nitrogens with two attached hydrogens (primary N) is 1. The zero-order chi connectivity index (χ0) is 12.7. The molecule has 4 heteroatoms. The number of carbonyl (C=O) groups excluding carboxylic acids is 1. The molecule has 94 valence electrons. The van der Waals surface area contributed by atoms with E-state index in [0.29, 0.717) is 26.1 Å². The van der Waals surface area contributed by atoms with Crippen molar-refractivity contribution in [3.8, 4) is 5.75 Å². The van der Waals surface area contributed by atoms with Gasteiger partial charge in [-0.3, -0.25) is 4.79 Å². The van der Waals surface area contributed by atoms with Crippen molar-refractivity contribution in [3.05, 3.63) is 29.3 Å². The summed E-state index contributed by atoms with van der Waals surface area (Å²) in [6.45, 7) is 5.42. The van der Waals surface area contributed by atoms with E-state index in [1.54, 1.807) is 0 Å². The molecule has 0 aliphatic carbocycles. The molecular formula is C13H20N2O2. The summed E-state index contributed by atoms with van der Waals surface area (Å²) in [5, 5.41) is 2.74. The highest BCUT2D eigenvalue weighted by Gasteiger charge is 1.99. The fraction of sp³-hybridized carbons (Fsp3) is 0.462. The summed E-state index contributed by atoms with van der Waals surface area (Å²) in [5.41, 5.74) is 7.61. The number of carbonyl (C=O) groups is 1. The number of nitrogens with one attached hydrogen (secondary N) is 1. The van der Waals surface area contributed by atoms with E-state index in [0.717, 1.165) is 5.75 Å². The minimum atomic E-state index is -0.0310. The number of ether oxygens (including phenoxy) is 1. The molecule has 0 radical (unpaired) electrons. The molecule has 17 heavy (non-hydrogen) atoms. The van der Waals surface area contributed by atoms with Crippen LogP contribution in [-0.4, -0.2) is 25.6 Å². The Hall–Kier alpha value is -1.55. The van der Waals surface area contributed by atoms with Crippen LogP contribution in [-0.2, 0) is 4.79 Å². The van der Waals surface area contributed by atoms with Crippen LogP contribution in [0.5, 0.6) is 5.75 Å². The Kier molecular flexibility index (Phi) is 5.49. The van der Waals surface area contributed by atoms with E-state index in [2.05, 4.69) is 11.4 Å². The quantitative estimate of drug-likeness (QED) is 0.728. The Morgan fingerprint density at radius 3 is 2.53 bits per heavy atom. The van der Waals surface area contributed by atoms with Gasteiger partial charge >= 0.3 is 0 Å². The third-order valence-corrected chi connectivity index (χ3v) is 2.26. The predicted octanol–water partition coefficient (Wildman–Crippen LogP) is 1.15. The van der Waals surface area contributed by atoms with Crippen molar-refractivity contribution in [2.45, 2.75) is 20.3 Å². The third-order valence-electron chi connectivity index (χ3n) is 2.26. The Bertz CT molecular complexity index is 357. The predicted molar refractivity (Wildman–Crippen MR) is 68.1 cm³/mol. The summed E-state index contributed by atoms with van der Waals surface area (Å²) in [7, 11) is 0. The van der Waals surface area contributed by atoms with Gasteiger partial charge in [-0.15, -0.1) is 0 Å². The fourth-order valence-corrected chi connectivity index (χ4v) is 1.60. The lowest BCUT2D eigenvalue weighted by Crippen LogP contribution is -2.29. The molecule has 4 nitrogen and oxygen atoms in total. The average Bonchev–Trinajstić information content (AvgIpc) is 2.23. The van der Waals surface area contributed by atoms with Crippen LogP contribution in [0.1, 0.15) is 17.5 Å². The molecule has 0 fully saturated rings. The Balaban J connectivity index is 2.28. The van der Waals surface area contributed by atoms with Gasteiger partial charge in [-0.2, -0.15) is 0 Å². The van der Waals surface area contributed by atoms with Crippen LogP contribution < -0.4 is 15.8 Å². The second-order valence-corrected chi connectivity index (χ2v) is 4.06. The van der Waals surface area contributed by atoms with Crippen LogP contribution in [0, 0.1) is 13.8 Å². The van der Waals surface area contributed by atoms with E-state index in [-0.39, 0.29) is 5.91 Å². The zero-order valence-electron chi connectivity index (χ0n) is 10.5. The summed E-state index contributed by atoms with van der Waals surface area (Å²) in [6.07, 6.45) is 0.365. The molecule has 0 unspecified atom stereocenters. The molecule has 0 spiro atoms. The summed E-state index contributed by atoms with van der Waals surface area (Å²) in [6, 6.07) is 6.05. The SMILES string of the molecule is Cc1cc(C)cc(OCCNC(=O)CCN)c1. The smallest absolute Gasteiger partial charge is 0.221 e. The maximum atomic E-state index is 11.1. The van der Waals surface area contributed by atoms with E-state index < -0.39 is 0 Å². The number of aryl methyl sites for hydroxylation is 2. The topological polar surface area (TPSA) is 64.3 Å². The van der Waals surface area contributed by atoms with E-state index in [9.17, 15) is 4.79 Å². The molecular weight excluding hydrogens is 216 g/mol. The van der Waals surface area contributed by atoms with E-state index in [1.807, 2.05) is 26.0 Å². The van der Waals surface area contributed by atoms with Crippen molar-refractivity contribution >= 4 is 5.91 Å². The van der Waals surface area contributed by atoms with Gasteiger partial charge in [0.1, 0.15) is 12.4 Å². The lowest BCUT2D eigenvalue weighted by Gasteiger charge is -2.09. The van der Waals surface area contributed by atoms with Crippen LogP contribution in [0.15, 0.2) is 18.2 Å². The summed E-state index contributed by atoms with van der Waals surface area (Å²) >= 11 is 0. The van der Waals surface area contributed by atoms with E-state index in [4.69, 9.17) is 10.5 Å². The number of benzene rings is 1. The van der Waals surface area contributed by atoms with Crippen LogP contribution in [0.2, 0.25) is 0 Å². The average molecular weight is 236 g/mol. The summed E-state index contributed by atoms with van der Waals surface area (Å²) in [5.74, 6) is 0.812. The molecule has 1 aromatic carbocycles. The van der Waals surface area contributed by atoms with Gasteiger partial charge in [-0.25, -0.2) is 0 Å². The Labute approximate surface area is 102 Å². The largest absolute Gasteiger partial charge is 0.492 e. The van der Waals surface area contributed by atoms with Gasteiger partial charge in [-0.05, 0) is 37.1 Å². The van der Waals surface area contributed by atoms with Gasteiger partial charge in [0.15, 0.2) is 0 Å². The first-order valence-electron chi connectivity index (χ1n) is 5.79. The van der Waals surface area contributed by atoms with Gasteiger partial charge in [0.25, 0.3) is 0 Å². The second kappa shape index (κ2) is 6.91. The maximum Gasteiger partial charge on any atom is 0.221 e. The molecule has 0 heterocycles. The molecule has 0 saturated carbocycles. The number of hydrogen-bond donors (Lipinski definition) is 2. The zero-order valence-corrected chi connectivity index (χ0v) is 10.5. The first kappa shape index (κ1) is 13.5. The van der Waals surface area contributed by atoms with Crippen molar-refractivity contribution < 1.29 is 9.53 Å². The number of hydrogen-bond acceptors (Lipinski definition) is 3. The van der Waals surface area contributed by atoms with E-state index in [1.165, 1.54) is 11.1 Å². The normalized spacial score (nSPS) is 10.1. The van der Waals surface area contributed by atoms with Gasteiger partial charge in [0.05, 0.1) is 6.54 Å². The standard InChI is InChI=1S/C13H20N2O2/c1-10-7-11(2)9-12(8-10)17-6-5-15-13(16)3-4-14/h7-9H,3-6,14H2,1-2H3,(H,15,16). The molecule has 0 saturated heterocycles. The monoisotopic (exact) mass is 236 g/mol. The van der Waals surface area contributed by atoms with Crippen molar-refractivity contribution in [3.63, 3.8) is 0 Å². The molecule has 0 atom stereocenters. The Morgan fingerprint density at radius 1 is 1.29 bits per heavy atom. The highest BCUT2D eigenvalue weighted by molar-refractivity contribution is 5.75. The molecule has 3 N–H and O–H groups in total. The Morgan fingerprint density at radius 2 is 1.94 bits per heavy atom. The van der Waals surface area contributed by atoms with Crippen molar-refractivity contribution in [1.29, 1.82) is 0 Å². The number of amides is 1. The first-order valence-corrected chi connectivity index (χ1v) is 5.79. The molecule has 0 aromatic heterocycles.